The molecule has 0 unspecified atom stereocenters. The lowest BCUT2D eigenvalue weighted by Gasteiger charge is -2.40. The molecule has 1 aliphatic rings. The summed E-state index contributed by atoms with van der Waals surface area (Å²) in [7, 11) is 0. The van der Waals surface area contributed by atoms with Crippen molar-refractivity contribution in [1.82, 2.24) is 19.9 Å². The van der Waals surface area contributed by atoms with Crippen LogP contribution < -0.4 is 10.1 Å². The molecule has 3 atom stereocenters. The van der Waals surface area contributed by atoms with E-state index in [2.05, 4.69) is 15.3 Å². The van der Waals surface area contributed by atoms with E-state index >= 15 is 0 Å². The number of benzene rings is 1. The number of ether oxygens (including phenoxy) is 1. The summed E-state index contributed by atoms with van der Waals surface area (Å²) in [5.41, 5.74) is -2.03. The van der Waals surface area contributed by atoms with Crippen LogP contribution in [0.2, 0.25) is 0 Å². The van der Waals surface area contributed by atoms with Crippen LogP contribution in [0.5, 0.6) is 5.75 Å². The van der Waals surface area contributed by atoms with Crippen LogP contribution in [0.25, 0.3) is 11.0 Å². The Labute approximate surface area is 199 Å². The van der Waals surface area contributed by atoms with Gasteiger partial charge in [-0.05, 0) is 45.4 Å². The van der Waals surface area contributed by atoms with Crippen LogP contribution in [0.4, 0.5) is 22.0 Å². The van der Waals surface area contributed by atoms with Gasteiger partial charge in [-0.1, -0.05) is 0 Å². The van der Waals surface area contributed by atoms with Crippen LogP contribution in [0.15, 0.2) is 36.8 Å². The fraction of sp³-hybridized carbons (Fsp3) is 0.500. The number of imidazole rings is 1. The number of aromatic nitrogens is 3. The highest BCUT2D eigenvalue weighted by atomic mass is 19.4. The van der Waals surface area contributed by atoms with E-state index in [0.29, 0.717) is 6.42 Å². The fourth-order valence-corrected chi connectivity index (χ4v) is 4.68. The maximum atomic E-state index is 13.8. The molecular weight excluding hydrogens is 471 g/mol. The topological polar surface area (TPSA) is 72.2 Å². The smallest absolute Gasteiger partial charge is 0.418 e. The molecule has 1 aromatic carbocycles. The van der Waals surface area contributed by atoms with Crippen LogP contribution >= 0.6 is 0 Å². The molecule has 35 heavy (non-hydrogen) atoms. The van der Waals surface area contributed by atoms with Gasteiger partial charge in [-0.3, -0.25) is 4.98 Å². The predicted molar refractivity (Wildman–Crippen MR) is 119 cm³/mol. The quantitative estimate of drug-likeness (QED) is 0.447. The number of nitrogens with zero attached hydrogens (tertiary/aromatic N) is 3. The third-order valence-corrected chi connectivity index (χ3v) is 6.22. The molecule has 0 bridgehead atoms. The van der Waals surface area contributed by atoms with Crippen molar-refractivity contribution in [2.45, 2.75) is 69.9 Å². The highest BCUT2D eigenvalue weighted by Crippen LogP contribution is 2.39. The molecule has 2 N–H and O–H groups in total. The van der Waals surface area contributed by atoms with Crippen LogP contribution in [0.1, 0.15) is 62.9 Å². The second-order valence-electron chi connectivity index (χ2n) is 9.37. The van der Waals surface area contributed by atoms with E-state index in [1.54, 1.807) is 13.8 Å². The van der Waals surface area contributed by atoms with E-state index < -0.39 is 29.8 Å². The van der Waals surface area contributed by atoms with Gasteiger partial charge < -0.3 is 19.7 Å². The van der Waals surface area contributed by atoms with E-state index in [4.69, 9.17) is 4.74 Å². The second kappa shape index (κ2) is 9.34. The lowest BCUT2D eigenvalue weighted by molar-refractivity contribution is -0.136. The number of aliphatic hydroxyl groups is 1. The highest BCUT2D eigenvalue weighted by Gasteiger charge is 2.40. The lowest BCUT2D eigenvalue weighted by Crippen LogP contribution is -2.53. The molecule has 0 radical (unpaired) electrons. The Hall–Kier alpha value is -2.79. The Kier molecular flexibility index (Phi) is 6.76. The van der Waals surface area contributed by atoms with Crippen molar-refractivity contribution in [3.63, 3.8) is 0 Å². The third kappa shape index (κ3) is 5.25. The molecule has 0 amide bonds. The molecule has 190 valence electrons. The Balaban J connectivity index is 1.55. The molecule has 0 spiro atoms. The fourth-order valence-electron chi connectivity index (χ4n) is 4.68. The van der Waals surface area contributed by atoms with Gasteiger partial charge in [-0.15, -0.1) is 0 Å². The maximum absolute atomic E-state index is 13.8. The van der Waals surface area contributed by atoms with Crippen molar-refractivity contribution in [2.75, 3.05) is 6.61 Å². The first-order valence-electron chi connectivity index (χ1n) is 11.3. The number of rotatable bonds is 6. The average molecular weight is 498 g/mol. The van der Waals surface area contributed by atoms with Crippen molar-refractivity contribution < 1.29 is 31.8 Å². The summed E-state index contributed by atoms with van der Waals surface area (Å²) < 4.78 is 74.4. The summed E-state index contributed by atoms with van der Waals surface area (Å²) in [6.07, 6.45) is -4.40. The van der Waals surface area contributed by atoms with Crippen molar-refractivity contribution >= 4 is 11.0 Å². The first-order chi connectivity index (χ1) is 16.4. The first kappa shape index (κ1) is 25.3. The van der Waals surface area contributed by atoms with Crippen molar-refractivity contribution in [2.24, 2.45) is 0 Å². The summed E-state index contributed by atoms with van der Waals surface area (Å²) in [5.74, 6) is 0.0156. The minimum atomic E-state index is -4.60. The normalized spacial score (nSPS) is 23.4. The van der Waals surface area contributed by atoms with Gasteiger partial charge in [0.15, 0.2) is 0 Å². The maximum Gasteiger partial charge on any atom is 0.418 e. The van der Waals surface area contributed by atoms with Gasteiger partial charge in [0.25, 0.3) is 6.43 Å². The average Bonchev–Trinajstić information content (AvgIpc) is 3.20. The van der Waals surface area contributed by atoms with Crippen molar-refractivity contribution in [3.8, 4) is 5.75 Å². The number of halogens is 5. The van der Waals surface area contributed by atoms with Crippen LogP contribution in [-0.2, 0) is 11.8 Å². The molecule has 2 aromatic heterocycles. The number of piperidine rings is 1. The SMILES string of the molecule is CC(C)n1cnc2cc(OC[C@@H]3C[C@](O)(c4ccc(C(F)F)cn4)C[C@H](C)N3)cc(C(F)(F)F)c21. The summed E-state index contributed by atoms with van der Waals surface area (Å²) in [4.78, 5) is 8.17. The highest BCUT2D eigenvalue weighted by molar-refractivity contribution is 5.81. The Morgan fingerprint density at radius 3 is 2.54 bits per heavy atom. The molecule has 3 aromatic rings. The molecule has 1 saturated heterocycles. The number of hydrogen-bond acceptors (Lipinski definition) is 5. The van der Waals surface area contributed by atoms with Gasteiger partial charge in [0, 0.05) is 42.4 Å². The van der Waals surface area contributed by atoms with Gasteiger partial charge in [0.2, 0.25) is 0 Å². The lowest BCUT2D eigenvalue weighted by atomic mass is 9.81. The minimum Gasteiger partial charge on any atom is -0.492 e. The number of alkyl halides is 5. The Morgan fingerprint density at radius 2 is 1.94 bits per heavy atom. The minimum absolute atomic E-state index is 0.00282. The second-order valence-corrected chi connectivity index (χ2v) is 9.37. The zero-order valence-electron chi connectivity index (χ0n) is 19.5. The van der Waals surface area contributed by atoms with E-state index in [1.165, 1.54) is 29.1 Å². The van der Waals surface area contributed by atoms with Crippen molar-refractivity contribution in [1.29, 1.82) is 0 Å². The molecule has 6 nitrogen and oxygen atoms in total. The molecule has 1 fully saturated rings. The van der Waals surface area contributed by atoms with E-state index in [0.717, 1.165) is 12.3 Å². The molecule has 0 saturated carbocycles. The Bertz CT molecular complexity index is 1180. The van der Waals surface area contributed by atoms with Gasteiger partial charge in [0.05, 0.1) is 28.6 Å². The van der Waals surface area contributed by atoms with E-state index in [1.807, 2.05) is 6.92 Å². The standard InChI is InChI=1S/C24H27F5N4O2/c1-13(2)33-12-31-19-7-17(6-18(21(19)33)24(27,28)29)35-11-16-9-23(34,8-14(3)32-16)20-5-4-15(10-30-20)22(25)26/h4-7,10,12-14,16,22,32,34H,8-9,11H2,1-3H3/t14-,16-,23-/m0/s1. The molecule has 4 rings (SSSR count). The van der Waals surface area contributed by atoms with E-state index in [9.17, 15) is 27.1 Å². The summed E-state index contributed by atoms with van der Waals surface area (Å²) >= 11 is 0. The largest absolute Gasteiger partial charge is 0.492 e. The zero-order chi connectivity index (χ0) is 25.5. The first-order valence-corrected chi connectivity index (χ1v) is 11.3. The number of hydrogen-bond donors (Lipinski definition) is 2. The van der Waals surface area contributed by atoms with Gasteiger partial charge in [-0.25, -0.2) is 13.8 Å². The Morgan fingerprint density at radius 1 is 1.20 bits per heavy atom. The number of pyridine rings is 1. The monoisotopic (exact) mass is 498 g/mol. The number of nitrogens with one attached hydrogen (secondary N) is 1. The van der Waals surface area contributed by atoms with Crippen LogP contribution in [-0.4, -0.2) is 38.3 Å². The van der Waals surface area contributed by atoms with Gasteiger partial charge >= 0.3 is 6.18 Å². The molecule has 0 aliphatic carbocycles. The molecule has 11 heteroatoms. The summed E-state index contributed by atoms with van der Waals surface area (Å²) in [6.45, 7) is 5.38. The molecule has 1 aliphatic heterocycles. The predicted octanol–water partition coefficient (Wildman–Crippen LogP) is 5.38. The molecule has 3 heterocycles. The van der Waals surface area contributed by atoms with Gasteiger partial charge in [0.1, 0.15) is 18.0 Å². The number of fused-ring (bicyclic) bond motifs is 1. The third-order valence-electron chi connectivity index (χ3n) is 6.22. The summed E-state index contributed by atoms with van der Waals surface area (Å²) in [6, 6.07) is 4.24. The van der Waals surface area contributed by atoms with Gasteiger partial charge in [-0.2, -0.15) is 13.2 Å². The molecular formula is C24H27F5N4O2. The zero-order valence-corrected chi connectivity index (χ0v) is 19.5. The van der Waals surface area contributed by atoms with Crippen molar-refractivity contribution in [3.05, 3.63) is 53.6 Å². The van der Waals surface area contributed by atoms with Crippen LogP contribution in [0.3, 0.4) is 0 Å². The summed E-state index contributed by atoms with van der Waals surface area (Å²) in [5, 5.41) is 14.5. The van der Waals surface area contributed by atoms with E-state index in [-0.39, 0.29) is 53.2 Å². The van der Waals surface area contributed by atoms with Crippen LogP contribution in [0, 0.1) is 0 Å².